The predicted molar refractivity (Wildman–Crippen MR) is 85.6 cm³/mol. The first-order valence-electron chi connectivity index (χ1n) is 6.26. The number of aryl methyl sites for hydroxylation is 3. The molecule has 0 aromatic heterocycles. The molecule has 0 saturated carbocycles. The van der Waals surface area contributed by atoms with Crippen molar-refractivity contribution in [1.82, 2.24) is 0 Å². The van der Waals surface area contributed by atoms with Gasteiger partial charge in [-0.05, 0) is 71.6 Å². The van der Waals surface area contributed by atoms with E-state index in [1.165, 1.54) is 12.1 Å². The molecule has 3 nitrogen and oxygen atoms in total. The van der Waals surface area contributed by atoms with Crippen LogP contribution in [0.3, 0.4) is 0 Å². The summed E-state index contributed by atoms with van der Waals surface area (Å²) in [5.74, 6) is -0.583. The summed E-state index contributed by atoms with van der Waals surface area (Å²) in [6.07, 6.45) is 0. The van der Waals surface area contributed by atoms with Crippen molar-refractivity contribution in [2.24, 2.45) is 0 Å². The van der Waals surface area contributed by atoms with E-state index in [1.54, 1.807) is 6.92 Å². The third-order valence-electron chi connectivity index (χ3n) is 3.11. The Morgan fingerprint density at radius 2 is 1.71 bits per heavy atom. The van der Waals surface area contributed by atoms with Gasteiger partial charge in [0.25, 0.3) is 10.0 Å². The van der Waals surface area contributed by atoms with E-state index in [4.69, 9.17) is 0 Å². The minimum absolute atomic E-state index is 0.0608. The third kappa shape index (κ3) is 3.44. The average molecular weight is 372 g/mol. The minimum Gasteiger partial charge on any atom is -0.278 e. The fraction of sp³-hybridized carbons (Fsp3) is 0.200. The highest BCUT2D eigenvalue weighted by atomic mass is 79.9. The highest BCUT2D eigenvalue weighted by molar-refractivity contribution is 9.10. The molecule has 0 saturated heterocycles. The van der Waals surface area contributed by atoms with Crippen molar-refractivity contribution in [3.8, 4) is 0 Å². The largest absolute Gasteiger partial charge is 0.278 e. The second-order valence-electron chi connectivity index (χ2n) is 4.95. The van der Waals surface area contributed by atoms with Gasteiger partial charge in [-0.25, -0.2) is 12.8 Å². The molecule has 1 N–H and O–H groups in total. The maximum atomic E-state index is 13.3. The Hall–Kier alpha value is -1.40. The van der Waals surface area contributed by atoms with Crippen LogP contribution in [0.15, 0.2) is 39.7 Å². The van der Waals surface area contributed by atoms with Crippen LogP contribution < -0.4 is 4.72 Å². The van der Waals surface area contributed by atoms with Gasteiger partial charge < -0.3 is 0 Å². The van der Waals surface area contributed by atoms with Crippen molar-refractivity contribution >= 4 is 31.6 Å². The predicted octanol–water partition coefficient (Wildman–Crippen LogP) is 4.31. The monoisotopic (exact) mass is 371 g/mol. The van der Waals surface area contributed by atoms with Crippen molar-refractivity contribution in [2.75, 3.05) is 4.72 Å². The van der Waals surface area contributed by atoms with Gasteiger partial charge in [0.1, 0.15) is 5.82 Å². The van der Waals surface area contributed by atoms with Gasteiger partial charge >= 0.3 is 0 Å². The molecule has 0 fully saturated rings. The van der Waals surface area contributed by atoms with Crippen LogP contribution in [0.2, 0.25) is 0 Å². The number of hydrogen-bond acceptors (Lipinski definition) is 2. The van der Waals surface area contributed by atoms with Crippen molar-refractivity contribution in [1.29, 1.82) is 0 Å². The molecule has 0 unspecified atom stereocenters. The van der Waals surface area contributed by atoms with Crippen molar-refractivity contribution in [3.05, 3.63) is 57.3 Å². The van der Waals surface area contributed by atoms with E-state index in [-0.39, 0.29) is 4.90 Å². The second-order valence-corrected chi connectivity index (χ2v) is 7.46. The molecule has 21 heavy (non-hydrogen) atoms. The van der Waals surface area contributed by atoms with Crippen LogP contribution in [-0.2, 0) is 10.0 Å². The summed E-state index contributed by atoms with van der Waals surface area (Å²) >= 11 is 3.36. The summed E-state index contributed by atoms with van der Waals surface area (Å²) in [7, 11) is -3.84. The molecule has 0 amide bonds. The molecule has 2 aromatic rings. The van der Waals surface area contributed by atoms with Crippen LogP contribution in [-0.4, -0.2) is 8.42 Å². The number of benzene rings is 2. The Balaban J connectivity index is 2.50. The smallest absolute Gasteiger partial charge is 0.262 e. The van der Waals surface area contributed by atoms with E-state index in [2.05, 4.69) is 20.7 Å². The van der Waals surface area contributed by atoms with Gasteiger partial charge in [-0.1, -0.05) is 12.1 Å². The first-order valence-corrected chi connectivity index (χ1v) is 8.54. The number of hydrogen-bond donors (Lipinski definition) is 1. The van der Waals surface area contributed by atoms with Crippen LogP contribution in [0, 0.1) is 26.6 Å². The lowest BCUT2D eigenvalue weighted by molar-refractivity contribution is 0.594. The van der Waals surface area contributed by atoms with Crippen LogP contribution >= 0.6 is 15.9 Å². The zero-order chi connectivity index (χ0) is 15.8. The molecule has 0 bridgehead atoms. The average Bonchev–Trinajstić information content (AvgIpc) is 2.36. The molecule has 112 valence electrons. The van der Waals surface area contributed by atoms with Gasteiger partial charge in [-0.3, -0.25) is 4.72 Å². The quantitative estimate of drug-likeness (QED) is 0.873. The number of anilines is 1. The molecule has 0 atom stereocenters. The maximum absolute atomic E-state index is 13.3. The first-order chi connectivity index (χ1) is 9.70. The lowest BCUT2D eigenvalue weighted by atomic mass is 10.1. The van der Waals surface area contributed by atoms with Gasteiger partial charge in [0.05, 0.1) is 10.6 Å². The van der Waals surface area contributed by atoms with Gasteiger partial charge in [0, 0.05) is 4.47 Å². The topological polar surface area (TPSA) is 46.2 Å². The van der Waals surface area contributed by atoms with Gasteiger partial charge in [0.15, 0.2) is 0 Å². The Bertz CT molecular complexity index is 780. The number of sulfonamides is 1. The van der Waals surface area contributed by atoms with Crippen LogP contribution in [0.5, 0.6) is 0 Å². The summed E-state index contributed by atoms with van der Waals surface area (Å²) < 4.78 is 41.4. The molecule has 2 rings (SSSR count). The Kier molecular flexibility index (Phi) is 4.39. The molecule has 0 radical (unpaired) electrons. The standard InChI is InChI=1S/C15H15BrFNO2S/c1-9-6-11(3)15(13(16)7-9)18-21(19,20)14-8-12(17)5-4-10(14)2/h4-8,18H,1-3H3. The molecule has 0 aliphatic rings. The van der Waals surface area contributed by atoms with E-state index in [1.807, 2.05) is 26.0 Å². The zero-order valence-electron chi connectivity index (χ0n) is 11.9. The molecule has 6 heteroatoms. The van der Waals surface area contributed by atoms with Gasteiger partial charge in [-0.15, -0.1) is 0 Å². The van der Waals surface area contributed by atoms with Crippen LogP contribution in [0.25, 0.3) is 0 Å². The first kappa shape index (κ1) is 16.0. The molecule has 0 heterocycles. The number of rotatable bonds is 3. The van der Waals surface area contributed by atoms with Gasteiger partial charge in [-0.2, -0.15) is 0 Å². The summed E-state index contributed by atoms with van der Waals surface area (Å²) in [6.45, 7) is 5.37. The van der Waals surface area contributed by atoms with E-state index >= 15 is 0 Å². The third-order valence-corrected chi connectivity index (χ3v) is 5.22. The van der Waals surface area contributed by atoms with Crippen LogP contribution in [0.4, 0.5) is 10.1 Å². The molecular formula is C15H15BrFNO2S. The fourth-order valence-corrected chi connectivity index (χ4v) is 4.41. The highest BCUT2D eigenvalue weighted by Gasteiger charge is 2.20. The minimum atomic E-state index is -3.84. The lowest BCUT2D eigenvalue weighted by Gasteiger charge is -2.14. The van der Waals surface area contributed by atoms with Crippen LogP contribution in [0.1, 0.15) is 16.7 Å². The second kappa shape index (κ2) is 5.77. The number of nitrogens with one attached hydrogen (secondary N) is 1. The lowest BCUT2D eigenvalue weighted by Crippen LogP contribution is -2.15. The summed E-state index contributed by atoms with van der Waals surface area (Å²) in [5, 5.41) is 0. The van der Waals surface area contributed by atoms with E-state index in [9.17, 15) is 12.8 Å². The number of halogens is 2. The summed E-state index contributed by atoms with van der Waals surface area (Å²) in [6, 6.07) is 7.40. The van der Waals surface area contributed by atoms with Gasteiger partial charge in [0.2, 0.25) is 0 Å². The Morgan fingerprint density at radius 3 is 2.33 bits per heavy atom. The van der Waals surface area contributed by atoms with E-state index in [0.717, 1.165) is 17.2 Å². The Labute approximate surface area is 132 Å². The molecule has 0 aliphatic carbocycles. The fourth-order valence-electron chi connectivity index (χ4n) is 2.10. The Morgan fingerprint density at radius 1 is 1.05 bits per heavy atom. The maximum Gasteiger partial charge on any atom is 0.262 e. The van der Waals surface area contributed by atoms with Crippen molar-refractivity contribution in [2.45, 2.75) is 25.7 Å². The normalized spacial score (nSPS) is 11.5. The highest BCUT2D eigenvalue weighted by Crippen LogP contribution is 2.30. The zero-order valence-corrected chi connectivity index (χ0v) is 14.3. The molecule has 2 aromatic carbocycles. The van der Waals surface area contributed by atoms with E-state index in [0.29, 0.717) is 15.7 Å². The summed E-state index contributed by atoms with van der Waals surface area (Å²) in [5.41, 5.74) is 2.76. The summed E-state index contributed by atoms with van der Waals surface area (Å²) in [4.78, 5) is -0.0608. The molecule has 0 spiro atoms. The molecular weight excluding hydrogens is 357 g/mol. The molecule has 0 aliphatic heterocycles. The van der Waals surface area contributed by atoms with E-state index < -0.39 is 15.8 Å². The van der Waals surface area contributed by atoms with Crippen molar-refractivity contribution < 1.29 is 12.8 Å². The van der Waals surface area contributed by atoms with Crippen molar-refractivity contribution in [3.63, 3.8) is 0 Å². The SMILES string of the molecule is Cc1cc(C)c(NS(=O)(=O)c2cc(F)ccc2C)c(Br)c1.